The first-order valence-corrected chi connectivity index (χ1v) is 11.6. The molecule has 1 heterocycles. The maximum absolute atomic E-state index is 15.3. The second-order valence-corrected chi connectivity index (χ2v) is 8.51. The molecule has 3 aromatic carbocycles. The molecule has 0 bridgehead atoms. The molecule has 0 saturated heterocycles. The van der Waals surface area contributed by atoms with E-state index < -0.39 is 11.9 Å². The van der Waals surface area contributed by atoms with E-state index >= 15 is 4.39 Å². The van der Waals surface area contributed by atoms with Gasteiger partial charge >= 0.3 is 0 Å². The van der Waals surface area contributed by atoms with E-state index in [2.05, 4.69) is 0 Å². The Bertz CT molecular complexity index is 1250. The maximum Gasteiger partial charge on any atom is 0.254 e. The van der Waals surface area contributed by atoms with Crippen LogP contribution in [0.1, 0.15) is 33.1 Å². The van der Waals surface area contributed by atoms with Crippen molar-refractivity contribution < 1.29 is 32.9 Å². The quantitative estimate of drug-likeness (QED) is 0.425. The van der Waals surface area contributed by atoms with Crippen molar-refractivity contribution in [2.45, 2.75) is 12.5 Å². The highest BCUT2D eigenvalue weighted by atomic mass is 35.5. The first-order chi connectivity index (χ1) is 17.4. The van der Waals surface area contributed by atoms with Crippen molar-refractivity contribution in [2.24, 2.45) is 0 Å². The summed E-state index contributed by atoms with van der Waals surface area (Å²) >= 11 is 6.52. The van der Waals surface area contributed by atoms with Crippen LogP contribution in [0.15, 0.2) is 42.5 Å². The Hall–Kier alpha value is -3.65. The number of rotatable bonds is 7. The van der Waals surface area contributed by atoms with Gasteiger partial charge in [-0.3, -0.25) is 4.79 Å². The average Bonchev–Trinajstić information content (AvgIpc) is 2.90. The maximum atomic E-state index is 15.3. The number of halogens is 2. The normalized spacial score (nSPS) is 14.6. The minimum atomic E-state index is -0.811. The lowest BCUT2D eigenvalue weighted by Gasteiger charge is -2.38. The largest absolute Gasteiger partial charge is 0.493 e. The number of nitrogens with zero attached hydrogens (tertiary/aromatic N) is 1. The third-order valence-corrected chi connectivity index (χ3v) is 6.65. The first kappa shape index (κ1) is 25.4. The minimum Gasteiger partial charge on any atom is -0.493 e. The molecule has 9 heteroatoms. The Labute approximate surface area is 214 Å². The molecule has 1 unspecified atom stereocenters. The Kier molecular flexibility index (Phi) is 7.45. The van der Waals surface area contributed by atoms with Crippen molar-refractivity contribution in [3.63, 3.8) is 0 Å². The average molecular weight is 516 g/mol. The van der Waals surface area contributed by atoms with Crippen molar-refractivity contribution in [3.8, 4) is 28.7 Å². The van der Waals surface area contributed by atoms with Gasteiger partial charge in [-0.1, -0.05) is 17.7 Å². The van der Waals surface area contributed by atoms with Crippen LogP contribution in [-0.4, -0.2) is 52.9 Å². The molecule has 3 aromatic rings. The third kappa shape index (κ3) is 4.37. The smallest absolute Gasteiger partial charge is 0.254 e. The molecule has 1 atom stereocenters. The summed E-state index contributed by atoms with van der Waals surface area (Å²) in [7, 11) is 7.52. The molecule has 0 aromatic heterocycles. The van der Waals surface area contributed by atoms with Crippen molar-refractivity contribution >= 4 is 17.5 Å². The summed E-state index contributed by atoms with van der Waals surface area (Å²) in [5.41, 5.74) is 2.11. The molecule has 0 saturated carbocycles. The van der Waals surface area contributed by atoms with E-state index in [1.54, 1.807) is 36.3 Å². The summed E-state index contributed by atoms with van der Waals surface area (Å²) in [6.07, 6.45) is 0.522. The van der Waals surface area contributed by atoms with Gasteiger partial charge in [0.15, 0.2) is 23.0 Å². The van der Waals surface area contributed by atoms with Gasteiger partial charge in [-0.2, -0.15) is 0 Å². The molecule has 1 amide bonds. The van der Waals surface area contributed by atoms with Gasteiger partial charge < -0.3 is 28.6 Å². The molecule has 1 aliphatic heterocycles. The summed E-state index contributed by atoms with van der Waals surface area (Å²) in [5, 5.41) is 0.213. The van der Waals surface area contributed by atoms with Crippen molar-refractivity contribution in [1.29, 1.82) is 0 Å². The van der Waals surface area contributed by atoms with Crippen LogP contribution >= 0.6 is 11.6 Å². The molecule has 0 fully saturated rings. The fourth-order valence-electron chi connectivity index (χ4n) is 4.62. The van der Waals surface area contributed by atoms with Crippen LogP contribution in [0.3, 0.4) is 0 Å². The van der Waals surface area contributed by atoms with E-state index in [9.17, 15) is 4.79 Å². The van der Waals surface area contributed by atoms with Gasteiger partial charge in [-0.15, -0.1) is 0 Å². The van der Waals surface area contributed by atoms with Crippen LogP contribution < -0.4 is 23.7 Å². The van der Waals surface area contributed by atoms with Crippen molar-refractivity contribution in [3.05, 3.63) is 75.6 Å². The van der Waals surface area contributed by atoms with Gasteiger partial charge in [0.1, 0.15) is 5.82 Å². The van der Waals surface area contributed by atoms with Gasteiger partial charge in [0.2, 0.25) is 5.75 Å². The zero-order valence-corrected chi connectivity index (χ0v) is 21.4. The van der Waals surface area contributed by atoms with Crippen LogP contribution in [-0.2, 0) is 6.42 Å². The molecule has 0 aliphatic carbocycles. The number of amides is 1. The second-order valence-electron chi connectivity index (χ2n) is 8.11. The number of carbonyl (C=O) groups is 1. The Morgan fingerprint density at radius 2 is 1.50 bits per heavy atom. The van der Waals surface area contributed by atoms with E-state index in [0.717, 1.165) is 5.56 Å². The van der Waals surface area contributed by atoms with Crippen molar-refractivity contribution in [1.82, 2.24) is 4.90 Å². The van der Waals surface area contributed by atoms with E-state index in [1.165, 1.54) is 40.6 Å². The Balaban J connectivity index is 1.91. The Morgan fingerprint density at radius 3 is 2.06 bits per heavy atom. The minimum absolute atomic E-state index is 0.202. The number of benzene rings is 3. The molecule has 1 aliphatic rings. The number of carbonyl (C=O) groups excluding carboxylic acids is 1. The molecular formula is C27H27ClFNO6. The molecule has 7 nitrogen and oxygen atoms in total. The molecule has 36 heavy (non-hydrogen) atoms. The summed E-state index contributed by atoms with van der Waals surface area (Å²) in [6, 6.07) is 10.4. The predicted octanol–water partition coefficient (Wildman–Crippen LogP) is 5.31. The van der Waals surface area contributed by atoms with Gasteiger partial charge in [0.05, 0.1) is 41.6 Å². The highest BCUT2D eigenvalue weighted by Gasteiger charge is 2.37. The molecular weight excluding hydrogens is 489 g/mol. The lowest BCUT2D eigenvalue weighted by molar-refractivity contribution is 0.0691. The van der Waals surface area contributed by atoms with Crippen LogP contribution in [0.25, 0.3) is 0 Å². The number of ether oxygens (including phenoxy) is 5. The van der Waals surface area contributed by atoms with Crippen LogP contribution in [0.4, 0.5) is 4.39 Å². The number of methoxy groups -OCH3 is 5. The van der Waals surface area contributed by atoms with Crippen LogP contribution in [0, 0.1) is 5.82 Å². The standard InChI is InChI=1S/C27H27ClFNO6/c1-32-20-11-15-9-10-30(27(31)16-12-22(34-3)26(36-5)23(13-16)35-4)25(17(15)14-21(20)33-2)24-18(28)7-6-8-19(24)29/h6-8,11-14,25H,9-10H2,1-5H3. The molecule has 0 spiro atoms. The number of hydrogen-bond donors (Lipinski definition) is 0. The van der Waals surface area contributed by atoms with E-state index in [0.29, 0.717) is 52.8 Å². The second kappa shape index (κ2) is 10.5. The zero-order valence-electron chi connectivity index (χ0n) is 20.7. The fraction of sp³-hybridized carbons (Fsp3) is 0.296. The highest BCUT2D eigenvalue weighted by Crippen LogP contribution is 2.45. The van der Waals surface area contributed by atoms with Crippen molar-refractivity contribution in [2.75, 3.05) is 42.1 Å². The van der Waals surface area contributed by atoms with Crippen LogP contribution in [0.5, 0.6) is 28.7 Å². The lowest BCUT2D eigenvalue weighted by atomic mass is 9.86. The summed E-state index contributed by atoms with van der Waals surface area (Å²) in [6.45, 7) is 0.313. The third-order valence-electron chi connectivity index (χ3n) is 6.32. The van der Waals surface area contributed by atoms with Gasteiger partial charge in [0, 0.05) is 22.7 Å². The summed E-state index contributed by atoms with van der Waals surface area (Å²) in [4.78, 5) is 15.6. The molecule has 0 radical (unpaired) electrons. The van der Waals surface area contributed by atoms with Gasteiger partial charge in [-0.25, -0.2) is 4.39 Å². The lowest BCUT2D eigenvalue weighted by Crippen LogP contribution is -2.41. The number of hydrogen-bond acceptors (Lipinski definition) is 6. The Morgan fingerprint density at radius 1 is 0.889 bits per heavy atom. The van der Waals surface area contributed by atoms with E-state index in [4.69, 9.17) is 35.3 Å². The molecule has 190 valence electrons. The highest BCUT2D eigenvalue weighted by molar-refractivity contribution is 6.31. The fourth-order valence-corrected chi connectivity index (χ4v) is 4.88. The van der Waals surface area contributed by atoms with E-state index in [1.807, 2.05) is 6.07 Å². The SMILES string of the molecule is COc1cc2c(cc1OC)C(c1c(F)cccc1Cl)N(C(=O)c1cc(OC)c(OC)c(OC)c1)CC2. The predicted molar refractivity (Wildman–Crippen MR) is 134 cm³/mol. The topological polar surface area (TPSA) is 66.5 Å². The molecule has 0 N–H and O–H groups in total. The summed E-state index contributed by atoms with van der Waals surface area (Å²) in [5.74, 6) is 1.20. The zero-order chi connectivity index (χ0) is 26.0. The van der Waals surface area contributed by atoms with Gasteiger partial charge in [0.25, 0.3) is 5.91 Å². The number of fused-ring (bicyclic) bond motifs is 1. The van der Waals surface area contributed by atoms with Crippen LogP contribution in [0.2, 0.25) is 5.02 Å². The van der Waals surface area contributed by atoms with Gasteiger partial charge in [-0.05, 0) is 53.9 Å². The summed E-state index contributed by atoms with van der Waals surface area (Å²) < 4.78 is 42.5. The van der Waals surface area contributed by atoms with E-state index in [-0.39, 0.29) is 16.5 Å². The first-order valence-electron chi connectivity index (χ1n) is 11.2. The monoisotopic (exact) mass is 515 g/mol. The molecule has 4 rings (SSSR count).